The van der Waals surface area contributed by atoms with Crippen molar-refractivity contribution in [2.24, 2.45) is 5.92 Å². The fourth-order valence-electron chi connectivity index (χ4n) is 3.98. The summed E-state index contributed by atoms with van der Waals surface area (Å²) in [6.45, 7) is 4.57. The van der Waals surface area contributed by atoms with Crippen molar-refractivity contribution in [1.29, 1.82) is 0 Å². The number of carbonyl (C=O) groups excluding carboxylic acids is 2. The third kappa shape index (κ3) is 4.63. The van der Waals surface area contributed by atoms with E-state index in [2.05, 4.69) is 34.3 Å². The Morgan fingerprint density at radius 1 is 1.03 bits per heavy atom. The van der Waals surface area contributed by atoms with Gasteiger partial charge in [0.05, 0.1) is 5.92 Å². The van der Waals surface area contributed by atoms with Crippen LogP contribution in [0, 0.1) is 5.92 Å². The van der Waals surface area contributed by atoms with Gasteiger partial charge in [-0.2, -0.15) is 0 Å². The molecule has 2 saturated heterocycles. The third-order valence-corrected chi connectivity index (χ3v) is 6.59. The van der Waals surface area contributed by atoms with Gasteiger partial charge in [-0.25, -0.2) is 0 Å². The van der Waals surface area contributed by atoms with E-state index >= 15 is 0 Å². The molecule has 0 saturated carbocycles. The minimum absolute atomic E-state index is 0.00109. The Morgan fingerprint density at radius 2 is 1.77 bits per heavy atom. The van der Waals surface area contributed by atoms with Crippen LogP contribution in [0.3, 0.4) is 0 Å². The highest BCUT2D eigenvalue weighted by atomic mass is 32.2. The van der Waals surface area contributed by atoms with E-state index in [0.717, 1.165) is 42.4 Å². The molecule has 2 aromatic rings. The molecule has 2 amide bonds. The SMILES string of the molecule is CSc1cccc(N2C[C@H](C(=O)Nc3ccc(N4CCN(C)CC4)cc3)CC2=O)c1. The van der Waals surface area contributed by atoms with Crippen molar-refractivity contribution < 1.29 is 9.59 Å². The molecule has 1 atom stereocenters. The standard InChI is InChI=1S/C23H28N4O2S/c1-25-10-12-26(13-11-25)19-8-6-18(7-9-19)24-23(29)17-14-22(28)27(16-17)20-4-3-5-21(15-20)30-2/h3-9,15,17H,10-14,16H2,1-2H3,(H,24,29)/t17-/m1/s1. The molecule has 0 spiro atoms. The lowest BCUT2D eigenvalue weighted by molar-refractivity contribution is -0.122. The largest absolute Gasteiger partial charge is 0.369 e. The van der Waals surface area contributed by atoms with Crippen molar-refractivity contribution >= 4 is 40.6 Å². The first-order valence-electron chi connectivity index (χ1n) is 10.3. The normalized spacial score (nSPS) is 19.9. The number of hydrogen-bond acceptors (Lipinski definition) is 5. The molecular formula is C23H28N4O2S. The molecule has 2 aliphatic rings. The Labute approximate surface area is 182 Å². The van der Waals surface area contributed by atoms with Gasteiger partial charge in [-0.1, -0.05) is 6.07 Å². The van der Waals surface area contributed by atoms with E-state index in [1.807, 2.05) is 42.7 Å². The lowest BCUT2D eigenvalue weighted by atomic mass is 10.1. The summed E-state index contributed by atoms with van der Waals surface area (Å²) >= 11 is 1.64. The molecule has 2 heterocycles. The quantitative estimate of drug-likeness (QED) is 0.748. The minimum atomic E-state index is -0.340. The number of piperazine rings is 1. The van der Waals surface area contributed by atoms with Crippen LogP contribution in [0.25, 0.3) is 0 Å². The van der Waals surface area contributed by atoms with Gasteiger partial charge in [-0.3, -0.25) is 9.59 Å². The zero-order valence-electron chi connectivity index (χ0n) is 17.5. The number of nitrogens with zero attached hydrogens (tertiary/aromatic N) is 3. The Kier molecular flexibility index (Phi) is 6.29. The van der Waals surface area contributed by atoms with Crippen LogP contribution in [0.15, 0.2) is 53.4 Å². The molecule has 2 fully saturated rings. The Balaban J connectivity index is 1.36. The maximum atomic E-state index is 12.8. The zero-order valence-corrected chi connectivity index (χ0v) is 18.3. The summed E-state index contributed by atoms with van der Waals surface area (Å²) in [5.74, 6) is -0.439. The third-order valence-electron chi connectivity index (χ3n) is 5.86. The molecule has 30 heavy (non-hydrogen) atoms. The van der Waals surface area contributed by atoms with Crippen LogP contribution in [0.1, 0.15) is 6.42 Å². The molecule has 0 aromatic heterocycles. The van der Waals surface area contributed by atoms with Gasteiger partial charge in [0.2, 0.25) is 11.8 Å². The van der Waals surface area contributed by atoms with Gasteiger partial charge in [0.1, 0.15) is 0 Å². The van der Waals surface area contributed by atoms with Gasteiger partial charge in [0, 0.05) is 61.1 Å². The number of nitrogens with one attached hydrogen (secondary N) is 1. The molecule has 2 aliphatic heterocycles. The number of anilines is 3. The molecule has 1 N–H and O–H groups in total. The minimum Gasteiger partial charge on any atom is -0.369 e. The molecule has 6 nitrogen and oxygen atoms in total. The fourth-order valence-corrected chi connectivity index (χ4v) is 4.43. The second kappa shape index (κ2) is 9.10. The number of likely N-dealkylation sites (N-methyl/N-ethyl adjacent to an activating group) is 1. The molecule has 7 heteroatoms. The molecule has 0 bridgehead atoms. The topological polar surface area (TPSA) is 55.9 Å². The first-order chi connectivity index (χ1) is 14.5. The second-order valence-electron chi connectivity index (χ2n) is 7.93. The van der Waals surface area contributed by atoms with Crippen LogP contribution in [-0.2, 0) is 9.59 Å². The maximum absolute atomic E-state index is 12.8. The van der Waals surface area contributed by atoms with Crippen molar-refractivity contribution in [3.05, 3.63) is 48.5 Å². The average Bonchev–Trinajstić information content (AvgIpc) is 3.17. The molecule has 2 aromatic carbocycles. The fraction of sp³-hybridized carbons (Fsp3) is 0.391. The van der Waals surface area contributed by atoms with Gasteiger partial charge in [0.15, 0.2) is 0 Å². The highest BCUT2D eigenvalue weighted by Crippen LogP contribution is 2.29. The molecule has 158 valence electrons. The highest BCUT2D eigenvalue weighted by molar-refractivity contribution is 7.98. The molecular weight excluding hydrogens is 396 g/mol. The summed E-state index contributed by atoms with van der Waals surface area (Å²) in [4.78, 5) is 32.8. The summed E-state index contributed by atoms with van der Waals surface area (Å²) in [7, 11) is 2.14. The summed E-state index contributed by atoms with van der Waals surface area (Å²) < 4.78 is 0. The smallest absolute Gasteiger partial charge is 0.229 e. The van der Waals surface area contributed by atoms with E-state index < -0.39 is 0 Å². The molecule has 0 aliphatic carbocycles. The summed E-state index contributed by atoms with van der Waals surface area (Å²) in [6.07, 6.45) is 2.25. The van der Waals surface area contributed by atoms with E-state index in [4.69, 9.17) is 0 Å². The van der Waals surface area contributed by atoms with Crippen LogP contribution in [0.4, 0.5) is 17.1 Å². The van der Waals surface area contributed by atoms with Gasteiger partial charge < -0.3 is 20.0 Å². The van der Waals surface area contributed by atoms with Gasteiger partial charge in [0.25, 0.3) is 0 Å². The number of hydrogen-bond donors (Lipinski definition) is 1. The van der Waals surface area contributed by atoms with E-state index in [0.29, 0.717) is 6.54 Å². The van der Waals surface area contributed by atoms with Crippen molar-refractivity contribution in [1.82, 2.24) is 4.90 Å². The number of amides is 2. The summed E-state index contributed by atoms with van der Waals surface area (Å²) in [5.41, 5.74) is 2.81. The van der Waals surface area contributed by atoms with Crippen molar-refractivity contribution in [3.63, 3.8) is 0 Å². The first-order valence-corrected chi connectivity index (χ1v) is 11.5. The highest BCUT2D eigenvalue weighted by Gasteiger charge is 2.35. The number of benzene rings is 2. The summed E-state index contributed by atoms with van der Waals surface area (Å²) in [5, 5.41) is 2.99. The van der Waals surface area contributed by atoms with E-state index in [1.54, 1.807) is 16.7 Å². The van der Waals surface area contributed by atoms with Crippen LogP contribution in [0.2, 0.25) is 0 Å². The van der Waals surface area contributed by atoms with Gasteiger partial charge in [-0.05, 0) is 55.8 Å². The van der Waals surface area contributed by atoms with Crippen LogP contribution < -0.4 is 15.1 Å². The Bertz CT molecular complexity index is 910. The van der Waals surface area contributed by atoms with Gasteiger partial charge in [-0.15, -0.1) is 11.8 Å². The Morgan fingerprint density at radius 3 is 2.47 bits per heavy atom. The molecule has 4 rings (SSSR count). The second-order valence-corrected chi connectivity index (χ2v) is 8.81. The summed E-state index contributed by atoms with van der Waals surface area (Å²) in [6, 6.07) is 15.9. The first kappa shape index (κ1) is 20.8. The van der Waals surface area contributed by atoms with Crippen LogP contribution in [-0.4, -0.2) is 62.7 Å². The zero-order chi connectivity index (χ0) is 21.1. The van der Waals surface area contributed by atoms with Crippen LogP contribution in [0.5, 0.6) is 0 Å². The average molecular weight is 425 g/mol. The number of carbonyl (C=O) groups is 2. The predicted octanol–water partition coefficient (Wildman–Crippen LogP) is 3.15. The lowest BCUT2D eigenvalue weighted by Crippen LogP contribution is -2.44. The van der Waals surface area contributed by atoms with E-state index in [9.17, 15) is 9.59 Å². The van der Waals surface area contributed by atoms with Crippen molar-refractivity contribution in [2.75, 3.05) is 61.1 Å². The lowest BCUT2D eigenvalue weighted by Gasteiger charge is -2.34. The molecule has 0 radical (unpaired) electrons. The number of rotatable bonds is 5. The van der Waals surface area contributed by atoms with Crippen molar-refractivity contribution in [3.8, 4) is 0 Å². The van der Waals surface area contributed by atoms with E-state index in [-0.39, 0.29) is 24.2 Å². The van der Waals surface area contributed by atoms with Crippen molar-refractivity contribution in [2.45, 2.75) is 11.3 Å². The maximum Gasteiger partial charge on any atom is 0.229 e. The molecule has 0 unspecified atom stereocenters. The Hall–Kier alpha value is -2.51. The monoisotopic (exact) mass is 424 g/mol. The predicted molar refractivity (Wildman–Crippen MR) is 123 cm³/mol. The number of thioether (sulfide) groups is 1. The van der Waals surface area contributed by atoms with Crippen LogP contribution >= 0.6 is 11.8 Å². The van der Waals surface area contributed by atoms with Gasteiger partial charge >= 0.3 is 0 Å². The van der Waals surface area contributed by atoms with E-state index in [1.165, 1.54) is 5.69 Å².